The summed E-state index contributed by atoms with van der Waals surface area (Å²) in [6.07, 6.45) is 2.16. The molecule has 1 fully saturated rings. The number of rotatable bonds is 5. The van der Waals surface area contributed by atoms with Crippen molar-refractivity contribution in [3.8, 4) is 5.75 Å². The molecule has 2 heterocycles. The summed E-state index contributed by atoms with van der Waals surface area (Å²) in [5.74, 6) is 2.96. The van der Waals surface area contributed by atoms with E-state index in [1.807, 2.05) is 6.07 Å². The molecular formula is C18H28IN3O2. The van der Waals surface area contributed by atoms with E-state index in [2.05, 4.69) is 35.8 Å². The molecule has 0 spiro atoms. The van der Waals surface area contributed by atoms with E-state index in [4.69, 9.17) is 14.5 Å². The highest BCUT2D eigenvalue weighted by molar-refractivity contribution is 14.0. The SMILES string of the molecule is CCNC(=NCC1CCOC1)NCC1CCOc2ccccc21.I. The van der Waals surface area contributed by atoms with Crippen LogP contribution in [0.3, 0.4) is 0 Å². The molecule has 0 aromatic heterocycles. The van der Waals surface area contributed by atoms with Gasteiger partial charge < -0.3 is 20.1 Å². The maximum absolute atomic E-state index is 5.74. The van der Waals surface area contributed by atoms with E-state index in [1.165, 1.54) is 5.56 Å². The molecular weight excluding hydrogens is 417 g/mol. The fraction of sp³-hybridized carbons (Fsp3) is 0.611. The Hall–Kier alpha value is -1.02. The molecule has 134 valence electrons. The minimum absolute atomic E-state index is 0. The number of guanidine groups is 1. The van der Waals surface area contributed by atoms with Crippen LogP contribution in [-0.2, 0) is 4.74 Å². The van der Waals surface area contributed by atoms with Crippen molar-refractivity contribution in [1.29, 1.82) is 0 Å². The van der Waals surface area contributed by atoms with Gasteiger partial charge in [0.2, 0.25) is 0 Å². The molecule has 24 heavy (non-hydrogen) atoms. The summed E-state index contributed by atoms with van der Waals surface area (Å²) in [6.45, 7) is 7.19. The van der Waals surface area contributed by atoms with Crippen LogP contribution in [0.5, 0.6) is 5.75 Å². The average molecular weight is 445 g/mol. The molecule has 0 amide bonds. The van der Waals surface area contributed by atoms with E-state index in [0.29, 0.717) is 11.8 Å². The zero-order valence-corrected chi connectivity index (χ0v) is 16.6. The zero-order valence-electron chi connectivity index (χ0n) is 14.3. The summed E-state index contributed by atoms with van der Waals surface area (Å²) in [7, 11) is 0. The van der Waals surface area contributed by atoms with Gasteiger partial charge in [-0.05, 0) is 31.4 Å². The Kier molecular flexibility index (Phi) is 8.11. The normalized spacial score (nSPS) is 23.0. The highest BCUT2D eigenvalue weighted by Crippen LogP contribution is 2.32. The summed E-state index contributed by atoms with van der Waals surface area (Å²) in [5, 5.41) is 6.83. The van der Waals surface area contributed by atoms with Crippen LogP contribution in [0, 0.1) is 5.92 Å². The fourth-order valence-electron chi connectivity index (χ4n) is 3.14. The van der Waals surface area contributed by atoms with Crippen LogP contribution >= 0.6 is 24.0 Å². The summed E-state index contributed by atoms with van der Waals surface area (Å²) in [4.78, 5) is 4.72. The Bertz CT molecular complexity index is 533. The van der Waals surface area contributed by atoms with Crippen molar-refractivity contribution in [2.75, 3.05) is 39.5 Å². The quantitative estimate of drug-likeness (QED) is 0.416. The minimum atomic E-state index is 0. The largest absolute Gasteiger partial charge is 0.493 e. The van der Waals surface area contributed by atoms with Crippen LogP contribution in [0.25, 0.3) is 0 Å². The number of hydrogen-bond donors (Lipinski definition) is 2. The van der Waals surface area contributed by atoms with Gasteiger partial charge in [-0.15, -0.1) is 24.0 Å². The third-order valence-electron chi connectivity index (χ3n) is 4.47. The summed E-state index contributed by atoms with van der Waals surface area (Å²) in [6, 6.07) is 8.34. The van der Waals surface area contributed by atoms with Crippen LogP contribution in [0.2, 0.25) is 0 Å². The molecule has 0 saturated carbocycles. The van der Waals surface area contributed by atoms with Gasteiger partial charge in [0.15, 0.2) is 5.96 Å². The molecule has 0 radical (unpaired) electrons. The molecule has 2 N–H and O–H groups in total. The second kappa shape index (κ2) is 10.1. The van der Waals surface area contributed by atoms with Crippen LogP contribution in [0.1, 0.15) is 31.2 Å². The number of benzene rings is 1. The van der Waals surface area contributed by atoms with Gasteiger partial charge in [0.05, 0.1) is 13.2 Å². The Labute approximate surface area is 161 Å². The Morgan fingerprint density at radius 2 is 2.08 bits per heavy atom. The smallest absolute Gasteiger partial charge is 0.191 e. The standard InChI is InChI=1S/C18H27N3O2.HI/c1-2-19-18(20-11-14-7-9-22-13-14)21-12-15-8-10-23-17-6-4-3-5-16(15)17;/h3-6,14-15H,2,7-13H2,1H3,(H2,19,20,21);1H. The van der Waals surface area contributed by atoms with Crippen molar-refractivity contribution in [2.45, 2.75) is 25.7 Å². The molecule has 0 bridgehead atoms. The van der Waals surface area contributed by atoms with Crippen molar-refractivity contribution in [3.63, 3.8) is 0 Å². The lowest BCUT2D eigenvalue weighted by atomic mass is 9.93. The maximum Gasteiger partial charge on any atom is 0.191 e. The molecule has 5 nitrogen and oxygen atoms in total. The number of aliphatic imine (C=N–C) groups is 1. The van der Waals surface area contributed by atoms with Crippen LogP contribution in [0.4, 0.5) is 0 Å². The number of ether oxygens (including phenoxy) is 2. The molecule has 1 saturated heterocycles. The molecule has 1 aromatic rings. The van der Waals surface area contributed by atoms with Gasteiger partial charge in [0, 0.05) is 38.1 Å². The molecule has 2 unspecified atom stereocenters. The van der Waals surface area contributed by atoms with Crippen LogP contribution in [-0.4, -0.2) is 45.4 Å². The summed E-state index contributed by atoms with van der Waals surface area (Å²) >= 11 is 0. The Morgan fingerprint density at radius 1 is 1.21 bits per heavy atom. The van der Waals surface area contributed by atoms with Gasteiger partial charge in [0.1, 0.15) is 5.75 Å². The molecule has 2 aliphatic heterocycles. The van der Waals surface area contributed by atoms with E-state index in [-0.39, 0.29) is 24.0 Å². The second-order valence-corrected chi connectivity index (χ2v) is 6.20. The van der Waals surface area contributed by atoms with Crippen molar-refractivity contribution in [1.82, 2.24) is 10.6 Å². The molecule has 2 aliphatic rings. The topological polar surface area (TPSA) is 54.9 Å². The highest BCUT2D eigenvalue weighted by atomic mass is 127. The van der Waals surface area contributed by atoms with Gasteiger partial charge in [-0.3, -0.25) is 4.99 Å². The first-order chi connectivity index (χ1) is 11.4. The van der Waals surface area contributed by atoms with Crippen molar-refractivity contribution < 1.29 is 9.47 Å². The lowest BCUT2D eigenvalue weighted by Crippen LogP contribution is -2.40. The molecule has 6 heteroatoms. The predicted molar refractivity (Wildman–Crippen MR) is 108 cm³/mol. The van der Waals surface area contributed by atoms with E-state index in [1.54, 1.807) is 0 Å². The van der Waals surface area contributed by atoms with Crippen LogP contribution in [0.15, 0.2) is 29.3 Å². The first-order valence-corrected chi connectivity index (χ1v) is 8.68. The number of nitrogens with one attached hydrogen (secondary N) is 2. The van der Waals surface area contributed by atoms with Gasteiger partial charge in [-0.25, -0.2) is 0 Å². The Morgan fingerprint density at radius 3 is 2.88 bits per heavy atom. The zero-order chi connectivity index (χ0) is 15.9. The van der Waals surface area contributed by atoms with Crippen molar-refractivity contribution in [3.05, 3.63) is 29.8 Å². The number of para-hydroxylation sites is 1. The van der Waals surface area contributed by atoms with E-state index < -0.39 is 0 Å². The molecule has 1 aromatic carbocycles. The predicted octanol–water partition coefficient (Wildman–Crippen LogP) is 2.76. The maximum atomic E-state index is 5.74. The highest BCUT2D eigenvalue weighted by Gasteiger charge is 2.21. The van der Waals surface area contributed by atoms with E-state index in [9.17, 15) is 0 Å². The van der Waals surface area contributed by atoms with E-state index >= 15 is 0 Å². The summed E-state index contributed by atoms with van der Waals surface area (Å²) < 4.78 is 11.2. The van der Waals surface area contributed by atoms with Crippen molar-refractivity contribution in [2.24, 2.45) is 10.9 Å². The third kappa shape index (κ3) is 5.24. The first-order valence-electron chi connectivity index (χ1n) is 8.68. The minimum Gasteiger partial charge on any atom is -0.493 e. The van der Waals surface area contributed by atoms with E-state index in [0.717, 1.165) is 64.0 Å². The number of fused-ring (bicyclic) bond motifs is 1. The number of halogens is 1. The molecule has 3 rings (SSSR count). The Balaban J connectivity index is 0.00000208. The van der Waals surface area contributed by atoms with Gasteiger partial charge in [-0.1, -0.05) is 18.2 Å². The number of nitrogens with zero attached hydrogens (tertiary/aromatic N) is 1. The van der Waals surface area contributed by atoms with Gasteiger partial charge >= 0.3 is 0 Å². The number of hydrogen-bond acceptors (Lipinski definition) is 3. The lowest BCUT2D eigenvalue weighted by Gasteiger charge is -2.26. The first kappa shape index (κ1) is 19.3. The third-order valence-corrected chi connectivity index (χ3v) is 4.47. The summed E-state index contributed by atoms with van der Waals surface area (Å²) in [5.41, 5.74) is 1.30. The average Bonchev–Trinajstić information content (AvgIpc) is 3.11. The van der Waals surface area contributed by atoms with Crippen molar-refractivity contribution >= 4 is 29.9 Å². The molecule has 0 aliphatic carbocycles. The monoisotopic (exact) mass is 445 g/mol. The van der Waals surface area contributed by atoms with Crippen LogP contribution < -0.4 is 15.4 Å². The van der Waals surface area contributed by atoms with Gasteiger partial charge in [0.25, 0.3) is 0 Å². The second-order valence-electron chi connectivity index (χ2n) is 6.20. The molecule has 2 atom stereocenters. The lowest BCUT2D eigenvalue weighted by molar-refractivity contribution is 0.187. The van der Waals surface area contributed by atoms with Gasteiger partial charge in [-0.2, -0.15) is 0 Å². The fourth-order valence-corrected chi connectivity index (χ4v) is 3.14.